The topological polar surface area (TPSA) is 21.3 Å². The van der Waals surface area contributed by atoms with E-state index in [1.54, 1.807) is 0 Å². The summed E-state index contributed by atoms with van der Waals surface area (Å²) in [5.74, 6) is 0.871. The predicted molar refractivity (Wildman–Crippen MR) is 105 cm³/mol. The highest BCUT2D eigenvalue weighted by atomic mass is 79.9. The van der Waals surface area contributed by atoms with Crippen molar-refractivity contribution in [1.29, 1.82) is 0 Å². The Morgan fingerprint density at radius 2 is 1.55 bits per heavy atom. The molecule has 0 bridgehead atoms. The van der Waals surface area contributed by atoms with Crippen LogP contribution in [0.25, 0.3) is 0 Å². The number of nitrogens with one attached hydrogen (secondary N) is 1. The zero-order chi connectivity index (χ0) is 16.3. The third kappa shape index (κ3) is 7.67. The maximum atomic E-state index is 5.62. The van der Waals surface area contributed by atoms with Gasteiger partial charge in [0.15, 0.2) is 0 Å². The van der Waals surface area contributed by atoms with Crippen LogP contribution >= 0.6 is 44.3 Å². The van der Waals surface area contributed by atoms with Crippen LogP contribution in [0.1, 0.15) is 53.5 Å². The molecule has 0 radical (unpaired) electrons. The number of hydrogen-bond donors (Lipinski definition) is 1. The second-order valence-corrected chi connectivity index (χ2v) is 9.01. The van der Waals surface area contributed by atoms with Gasteiger partial charge in [-0.15, -0.1) is 12.4 Å². The molecule has 2 nitrogen and oxygen atoms in total. The van der Waals surface area contributed by atoms with Crippen molar-refractivity contribution in [2.45, 2.75) is 60.0 Å². The average Bonchev–Trinajstić information content (AvgIpc) is 2.28. The molecule has 0 aliphatic carbocycles. The lowest BCUT2D eigenvalue weighted by molar-refractivity contribution is 0.240. The Balaban J connectivity index is 0.00000441. The fraction of sp³-hybridized carbons (Fsp3) is 0.647. The van der Waals surface area contributed by atoms with Crippen LogP contribution in [0.15, 0.2) is 21.1 Å². The lowest BCUT2D eigenvalue weighted by Crippen LogP contribution is -2.41. The molecule has 1 N–H and O–H groups in total. The largest absolute Gasteiger partial charge is 0.492 e. The standard InChI is InChI=1S/C17H27Br2NO.ClH/c1-7-21-15-13(18)8-12(9-14(15)19)10-20-17(5,6)11-16(2,3)4;/h8-9,20H,7,10-11H2,1-6H3;1H. The van der Waals surface area contributed by atoms with Crippen LogP contribution in [0.5, 0.6) is 5.75 Å². The summed E-state index contributed by atoms with van der Waals surface area (Å²) < 4.78 is 7.60. The van der Waals surface area contributed by atoms with Crippen molar-refractivity contribution in [2.24, 2.45) is 5.41 Å². The molecule has 1 rings (SSSR count). The molecule has 0 aliphatic rings. The molecule has 1 aromatic carbocycles. The zero-order valence-corrected chi connectivity index (χ0v) is 18.3. The number of ether oxygens (including phenoxy) is 1. The van der Waals surface area contributed by atoms with Crippen molar-refractivity contribution in [3.8, 4) is 5.75 Å². The van der Waals surface area contributed by atoms with Gasteiger partial charge in [-0.05, 0) is 82.2 Å². The van der Waals surface area contributed by atoms with Crippen molar-refractivity contribution in [2.75, 3.05) is 6.61 Å². The van der Waals surface area contributed by atoms with Gasteiger partial charge in [0.2, 0.25) is 0 Å². The van der Waals surface area contributed by atoms with Crippen LogP contribution in [0, 0.1) is 5.41 Å². The van der Waals surface area contributed by atoms with Gasteiger partial charge in [-0.2, -0.15) is 0 Å². The first-order valence-electron chi connectivity index (χ1n) is 7.40. The van der Waals surface area contributed by atoms with Gasteiger partial charge in [0.05, 0.1) is 15.6 Å². The van der Waals surface area contributed by atoms with Gasteiger partial charge >= 0.3 is 0 Å². The highest BCUT2D eigenvalue weighted by molar-refractivity contribution is 9.11. The Hall–Kier alpha value is 0.230. The highest BCUT2D eigenvalue weighted by Gasteiger charge is 2.24. The van der Waals surface area contributed by atoms with Crippen LogP contribution in [0.3, 0.4) is 0 Å². The Morgan fingerprint density at radius 1 is 1.05 bits per heavy atom. The molecule has 0 heterocycles. The molecular weight excluding hydrogens is 429 g/mol. The Kier molecular flexibility index (Phi) is 9.00. The molecule has 128 valence electrons. The van der Waals surface area contributed by atoms with Crippen molar-refractivity contribution < 1.29 is 4.74 Å². The van der Waals surface area contributed by atoms with Crippen molar-refractivity contribution in [1.82, 2.24) is 5.32 Å². The van der Waals surface area contributed by atoms with Gasteiger partial charge in [0, 0.05) is 12.1 Å². The van der Waals surface area contributed by atoms with Gasteiger partial charge in [-0.3, -0.25) is 0 Å². The summed E-state index contributed by atoms with van der Waals surface area (Å²) in [6.45, 7) is 14.8. The minimum atomic E-state index is 0. The summed E-state index contributed by atoms with van der Waals surface area (Å²) in [4.78, 5) is 0. The van der Waals surface area contributed by atoms with Crippen LogP contribution in [-0.4, -0.2) is 12.1 Å². The third-order valence-electron chi connectivity index (χ3n) is 3.09. The van der Waals surface area contributed by atoms with Crippen LogP contribution < -0.4 is 10.1 Å². The van der Waals surface area contributed by atoms with E-state index in [-0.39, 0.29) is 17.9 Å². The second-order valence-electron chi connectivity index (χ2n) is 7.30. The Bertz CT molecular complexity index is 461. The number of halogens is 3. The van der Waals surface area contributed by atoms with Gasteiger partial charge in [0.1, 0.15) is 5.75 Å². The van der Waals surface area contributed by atoms with Crippen molar-refractivity contribution in [3.05, 3.63) is 26.6 Å². The molecule has 5 heteroatoms. The van der Waals surface area contributed by atoms with E-state index < -0.39 is 0 Å². The quantitative estimate of drug-likeness (QED) is 0.538. The first kappa shape index (κ1) is 22.2. The molecule has 0 fully saturated rings. The SMILES string of the molecule is CCOc1c(Br)cc(CNC(C)(C)CC(C)(C)C)cc1Br.Cl. The molecule has 0 aromatic heterocycles. The van der Waals surface area contributed by atoms with Crippen LogP contribution in [0.2, 0.25) is 0 Å². The third-order valence-corrected chi connectivity index (χ3v) is 4.27. The summed E-state index contributed by atoms with van der Waals surface area (Å²) in [5, 5.41) is 3.66. The van der Waals surface area contributed by atoms with E-state index in [1.165, 1.54) is 5.56 Å². The van der Waals surface area contributed by atoms with Gasteiger partial charge in [-0.1, -0.05) is 20.8 Å². The molecular formula is C17H28Br2ClNO. The number of benzene rings is 1. The van der Waals surface area contributed by atoms with Gasteiger partial charge in [0.25, 0.3) is 0 Å². The van der Waals surface area contributed by atoms with Crippen molar-refractivity contribution in [3.63, 3.8) is 0 Å². The summed E-state index contributed by atoms with van der Waals surface area (Å²) in [5.41, 5.74) is 1.66. The number of hydrogen-bond acceptors (Lipinski definition) is 2. The molecule has 0 spiro atoms. The average molecular weight is 458 g/mol. The molecule has 0 amide bonds. The maximum absolute atomic E-state index is 5.62. The number of rotatable bonds is 6. The summed E-state index contributed by atoms with van der Waals surface area (Å²) >= 11 is 7.17. The molecule has 22 heavy (non-hydrogen) atoms. The maximum Gasteiger partial charge on any atom is 0.147 e. The first-order valence-corrected chi connectivity index (χ1v) is 8.98. The summed E-state index contributed by atoms with van der Waals surface area (Å²) in [7, 11) is 0. The molecule has 0 saturated carbocycles. The fourth-order valence-corrected chi connectivity index (χ4v) is 4.24. The smallest absolute Gasteiger partial charge is 0.147 e. The van der Waals surface area contributed by atoms with E-state index in [9.17, 15) is 0 Å². The molecule has 0 saturated heterocycles. The lowest BCUT2D eigenvalue weighted by Gasteiger charge is -2.33. The highest BCUT2D eigenvalue weighted by Crippen LogP contribution is 2.35. The van der Waals surface area contributed by atoms with E-state index in [0.717, 1.165) is 27.7 Å². The van der Waals surface area contributed by atoms with E-state index in [4.69, 9.17) is 4.74 Å². The van der Waals surface area contributed by atoms with E-state index in [1.807, 2.05) is 6.92 Å². The van der Waals surface area contributed by atoms with E-state index in [0.29, 0.717) is 12.0 Å². The molecule has 0 atom stereocenters. The second kappa shape index (κ2) is 8.91. The van der Waals surface area contributed by atoms with Gasteiger partial charge in [-0.25, -0.2) is 0 Å². The Morgan fingerprint density at radius 3 is 1.95 bits per heavy atom. The summed E-state index contributed by atoms with van der Waals surface area (Å²) in [6.07, 6.45) is 1.12. The zero-order valence-electron chi connectivity index (χ0n) is 14.3. The minimum absolute atomic E-state index is 0. The first-order chi connectivity index (χ1) is 9.54. The van der Waals surface area contributed by atoms with Crippen molar-refractivity contribution >= 4 is 44.3 Å². The minimum Gasteiger partial charge on any atom is -0.492 e. The normalized spacial score (nSPS) is 12.0. The summed E-state index contributed by atoms with van der Waals surface area (Å²) in [6, 6.07) is 4.24. The molecule has 1 aromatic rings. The fourth-order valence-electron chi connectivity index (χ4n) is 2.73. The molecule has 0 unspecified atom stereocenters. The molecule has 0 aliphatic heterocycles. The van der Waals surface area contributed by atoms with E-state index in [2.05, 4.69) is 83.9 Å². The Labute approximate surface area is 158 Å². The van der Waals surface area contributed by atoms with Gasteiger partial charge < -0.3 is 10.1 Å². The van der Waals surface area contributed by atoms with Crippen LogP contribution in [0.4, 0.5) is 0 Å². The monoisotopic (exact) mass is 455 g/mol. The predicted octanol–water partition coefficient (Wildman–Crippen LogP) is 6.34. The van der Waals surface area contributed by atoms with Crippen LogP contribution in [-0.2, 0) is 6.54 Å². The lowest BCUT2D eigenvalue weighted by atomic mass is 9.82. The van der Waals surface area contributed by atoms with E-state index >= 15 is 0 Å².